The number of hydrogen-bond donors (Lipinski definition) is 0. The number of hydrogen-bond acceptors (Lipinski definition) is 0. The minimum Gasteiger partial charge on any atom is -0.0840 e. The van der Waals surface area contributed by atoms with Crippen LogP contribution in [0.4, 0.5) is 0 Å². The molecule has 1 aliphatic rings. The Bertz CT molecular complexity index is 168. The van der Waals surface area contributed by atoms with Gasteiger partial charge in [0.15, 0.2) is 0 Å². The SMILES string of the molecule is CC(C)C.CC(C)C1=CCCC=C1. The molecule has 0 saturated heterocycles. The smallest absolute Gasteiger partial charge is 0.0222 e. The second-order valence-electron chi connectivity index (χ2n) is 4.57. The maximum absolute atomic E-state index is 2.34. The van der Waals surface area contributed by atoms with Crippen molar-refractivity contribution in [3.05, 3.63) is 23.8 Å². The van der Waals surface area contributed by atoms with Crippen molar-refractivity contribution in [1.82, 2.24) is 0 Å². The van der Waals surface area contributed by atoms with E-state index in [0.29, 0.717) is 5.92 Å². The lowest BCUT2D eigenvalue weighted by molar-refractivity contribution is 0.737. The summed E-state index contributed by atoms with van der Waals surface area (Å²) in [5, 5.41) is 0. The first-order chi connectivity index (χ1) is 6.04. The normalized spacial score (nSPS) is 15.5. The van der Waals surface area contributed by atoms with Crippen molar-refractivity contribution in [2.24, 2.45) is 11.8 Å². The van der Waals surface area contributed by atoms with Crippen LogP contribution in [0.15, 0.2) is 23.8 Å². The summed E-state index contributed by atoms with van der Waals surface area (Å²) in [6.07, 6.45) is 9.31. The first kappa shape index (κ1) is 12.5. The zero-order valence-corrected chi connectivity index (χ0v) is 9.80. The molecule has 0 atom stereocenters. The minimum absolute atomic E-state index is 0.710. The Labute approximate surface area is 83.7 Å². The zero-order valence-electron chi connectivity index (χ0n) is 9.80. The van der Waals surface area contributed by atoms with Crippen LogP contribution in [0, 0.1) is 11.8 Å². The van der Waals surface area contributed by atoms with Crippen LogP contribution < -0.4 is 0 Å². The molecule has 0 heterocycles. The molecule has 0 aromatic rings. The molecule has 0 bridgehead atoms. The van der Waals surface area contributed by atoms with Gasteiger partial charge in [-0.05, 0) is 30.3 Å². The van der Waals surface area contributed by atoms with Gasteiger partial charge < -0.3 is 0 Å². The van der Waals surface area contributed by atoms with Crippen molar-refractivity contribution in [2.75, 3.05) is 0 Å². The monoisotopic (exact) mass is 180 g/mol. The van der Waals surface area contributed by atoms with Crippen LogP contribution in [0.2, 0.25) is 0 Å². The van der Waals surface area contributed by atoms with Gasteiger partial charge in [-0.3, -0.25) is 0 Å². The predicted octanol–water partition coefficient (Wildman–Crippen LogP) is 4.58. The van der Waals surface area contributed by atoms with Gasteiger partial charge >= 0.3 is 0 Å². The lowest BCUT2D eigenvalue weighted by atomic mass is 9.97. The minimum atomic E-state index is 0.710. The average molecular weight is 180 g/mol. The van der Waals surface area contributed by atoms with Gasteiger partial charge in [0.25, 0.3) is 0 Å². The van der Waals surface area contributed by atoms with Gasteiger partial charge in [0.1, 0.15) is 0 Å². The second-order valence-corrected chi connectivity index (χ2v) is 4.57. The number of rotatable bonds is 1. The molecule has 76 valence electrons. The largest absolute Gasteiger partial charge is 0.0840 e. The molecule has 0 nitrogen and oxygen atoms in total. The third-order valence-corrected chi connectivity index (χ3v) is 1.69. The first-order valence-corrected chi connectivity index (χ1v) is 5.40. The average Bonchev–Trinajstić information content (AvgIpc) is 2.05. The Morgan fingerprint density at radius 1 is 1.00 bits per heavy atom. The Morgan fingerprint density at radius 2 is 1.54 bits per heavy atom. The molecule has 0 radical (unpaired) electrons. The lowest BCUT2D eigenvalue weighted by Gasteiger charge is -2.08. The summed E-state index contributed by atoms with van der Waals surface area (Å²) in [5.41, 5.74) is 1.50. The van der Waals surface area contributed by atoms with Gasteiger partial charge in [0, 0.05) is 0 Å². The third-order valence-electron chi connectivity index (χ3n) is 1.69. The zero-order chi connectivity index (χ0) is 10.3. The maximum Gasteiger partial charge on any atom is -0.0222 e. The van der Waals surface area contributed by atoms with Crippen LogP contribution >= 0.6 is 0 Å². The summed E-state index contributed by atoms with van der Waals surface area (Å²) in [6, 6.07) is 0. The summed E-state index contributed by atoms with van der Waals surface area (Å²) < 4.78 is 0. The molecule has 0 amide bonds. The molecule has 0 saturated carbocycles. The van der Waals surface area contributed by atoms with Gasteiger partial charge in [-0.1, -0.05) is 52.8 Å². The van der Waals surface area contributed by atoms with E-state index in [1.807, 2.05) is 0 Å². The molecular formula is C13H24. The van der Waals surface area contributed by atoms with Crippen molar-refractivity contribution >= 4 is 0 Å². The Kier molecular flexibility index (Phi) is 6.66. The van der Waals surface area contributed by atoms with Crippen molar-refractivity contribution in [2.45, 2.75) is 47.5 Å². The fourth-order valence-corrected chi connectivity index (χ4v) is 1.06. The van der Waals surface area contributed by atoms with E-state index < -0.39 is 0 Å². The molecule has 0 fully saturated rings. The van der Waals surface area contributed by atoms with Gasteiger partial charge in [-0.2, -0.15) is 0 Å². The summed E-state index contributed by atoms with van der Waals surface area (Å²) in [6.45, 7) is 11.0. The molecule has 1 rings (SSSR count). The van der Waals surface area contributed by atoms with E-state index in [1.54, 1.807) is 0 Å². The Balaban J connectivity index is 0.000000310. The molecule has 1 aliphatic carbocycles. The van der Waals surface area contributed by atoms with E-state index in [2.05, 4.69) is 52.8 Å². The van der Waals surface area contributed by atoms with Crippen LogP contribution in [0.25, 0.3) is 0 Å². The first-order valence-electron chi connectivity index (χ1n) is 5.40. The molecule has 0 aliphatic heterocycles. The van der Waals surface area contributed by atoms with Crippen molar-refractivity contribution in [1.29, 1.82) is 0 Å². The van der Waals surface area contributed by atoms with Gasteiger partial charge in [-0.25, -0.2) is 0 Å². The van der Waals surface area contributed by atoms with Crippen molar-refractivity contribution in [3.8, 4) is 0 Å². The summed E-state index contributed by atoms with van der Waals surface area (Å²) >= 11 is 0. The van der Waals surface area contributed by atoms with Gasteiger partial charge in [0.05, 0.1) is 0 Å². The van der Waals surface area contributed by atoms with Crippen LogP contribution in [-0.2, 0) is 0 Å². The highest BCUT2D eigenvalue weighted by atomic mass is 14.1. The standard InChI is InChI=1S/C9H14.C4H10/c1-8(2)9-6-4-3-5-7-9;1-4(2)3/h4,6-8H,3,5H2,1-2H3;4H,1-3H3. The molecule has 0 aromatic heterocycles. The Hall–Kier alpha value is -0.520. The third kappa shape index (κ3) is 7.83. The predicted molar refractivity (Wildman–Crippen MR) is 61.8 cm³/mol. The fourth-order valence-electron chi connectivity index (χ4n) is 1.06. The van der Waals surface area contributed by atoms with Gasteiger partial charge in [0.2, 0.25) is 0 Å². The fraction of sp³-hybridized carbons (Fsp3) is 0.692. The quantitative estimate of drug-likeness (QED) is 0.554. The van der Waals surface area contributed by atoms with E-state index in [1.165, 1.54) is 18.4 Å². The molecule has 13 heavy (non-hydrogen) atoms. The van der Waals surface area contributed by atoms with Gasteiger partial charge in [-0.15, -0.1) is 0 Å². The highest BCUT2D eigenvalue weighted by Crippen LogP contribution is 2.16. The van der Waals surface area contributed by atoms with Crippen molar-refractivity contribution < 1.29 is 0 Å². The van der Waals surface area contributed by atoms with Crippen LogP contribution in [0.3, 0.4) is 0 Å². The van der Waals surface area contributed by atoms with E-state index in [0.717, 1.165) is 5.92 Å². The molecular weight excluding hydrogens is 156 g/mol. The summed E-state index contributed by atoms with van der Waals surface area (Å²) in [4.78, 5) is 0. The van der Waals surface area contributed by atoms with E-state index in [-0.39, 0.29) is 0 Å². The maximum atomic E-state index is 2.34. The highest BCUT2D eigenvalue weighted by molar-refractivity contribution is 5.23. The number of allylic oxidation sites excluding steroid dienone is 4. The molecule has 0 N–H and O–H groups in total. The highest BCUT2D eigenvalue weighted by Gasteiger charge is 1.99. The van der Waals surface area contributed by atoms with Crippen LogP contribution in [-0.4, -0.2) is 0 Å². The van der Waals surface area contributed by atoms with E-state index >= 15 is 0 Å². The lowest BCUT2D eigenvalue weighted by Crippen LogP contribution is -1.92. The second kappa shape index (κ2) is 6.94. The molecule has 0 aromatic carbocycles. The summed E-state index contributed by atoms with van der Waals surface area (Å²) in [7, 11) is 0. The topological polar surface area (TPSA) is 0 Å². The Morgan fingerprint density at radius 3 is 1.77 bits per heavy atom. The summed E-state index contributed by atoms with van der Waals surface area (Å²) in [5.74, 6) is 1.54. The van der Waals surface area contributed by atoms with Crippen LogP contribution in [0.1, 0.15) is 47.5 Å². The van der Waals surface area contributed by atoms with Crippen LogP contribution in [0.5, 0.6) is 0 Å². The molecule has 0 unspecified atom stereocenters. The molecule has 0 heteroatoms. The van der Waals surface area contributed by atoms with E-state index in [9.17, 15) is 0 Å². The van der Waals surface area contributed by atoms with E-state index in [4.69, 9.17) is 0 Å². The van der Waals surface area contributed by atoms with Crippen molar-refractivity contribution in [3.63, 3.8) is 0 Å². The molecule has 0 spiro atoms.